The minimum absolute atomic E-state index is 0.251. The molecule has 1 heterocycles. The van der Waals surface area contributed by atoms with Gasteiger partial charge in [0.05, 0.1) is 5.57 Å². The quantitative estimate of drug-likeness (QED) is 0.666. The van der Waals surface area contributed by atoms with Gasteiger partial charge in [0, 0.05) is 5.57 Å². The summed E-state index contributed by atoms with van der Waals surface area (Å²) in [5.41, 5.74) is 2.49. The van der Waals surface area contributed by atoms with Crippen molar-refractivity contribution >= 4 is 11.5 Å². The minimum atomic E-state index is -0.251. The number of allylic oxidation sites excluding steroid dienone is 3. The van der Waals surface area contributed by atoms with E-state index in [0.717, 1.165) is 17.6 Å². The van der Waals surface area contributed by atoms with Gasteiger partial charge >= 0.3 is 5.97 Å². The van der Waals surface area contributed by atoms with Crippen LogP contribution in [0.1, 0.15) is 12.0 Å². The van der Waals surface area contributed by atoms with Crippen LogP contribution in [0.3, 0.4) is 0 Å². The number of carbonyl (C=O) groups is 1. The van der Waals surface area contributed by atoms with E-state index >= 15 is 0 Å². The maximum absolute atomic E-state index is 11.8. The third kappa shape index (κ3) is 1.31. The average molecular weight is 210 g/mol. The highest BCUT2D eigenvalue weighted by atomic mass is 16.5. The molecule has 3 rings (SSSR count). The second-order valence-electron chi connectivity index (χ2n) is 3.75. The average Bonchev–Trinajstić information content (AvgIpc) is 2.66. The monoisotopic (exact) mass is 210 g/mol. The Hall–Kier alpha value is -2.09. The van der Waals surface area contributed by atoms with Gasteiger partial charge < -0.3 is 4.74 Å². The molecule has 1 aromatic carbocycles. The third-order valence-electron chi connectivity index (χ3n) is 2.73. The number of carbonyl (C=O) groups excluding carboxylic acids is 1. The fourth-order valence-electron chi connectivity index (χ4n) is 2.00. The van der Waals surface area contributed by atoms with Crippen LogP contribution in [-0.2, 0) is 9.53 Å². The van der Waals surface area contributed by atoms with Crippen LogP contribution < -0.4 is 0 Å². The predicted molar refractivity (Wildman–Crippen MR) is 61.3 cm³/mol. The first-order valence-corrected chi connectivity index (χ1v) is 5.25. The van der Waals surface area contributed by atoms with Crippen molar-refractivity contribution in [3.8, 4) is 0 Å². The first-order valence-electron chi connectivity index (χ1n) is 5.25. The highest BCUT2D eigenvalue weighted by molar-refractivity contribution is 6.21. The molecule has 0 saturated carbocycles. The molecular weight excluding hydrogens is 200 g/mol. The van der Waals surface area contributed by atoms with Crippen LogP contribution in [0.2, 0.25) is 0 Å². The van der Waals surface area contributed by atoms with Gasteiger partial charge in [-0.05, 0) is 18.1 Å². The number of rotatable bonds is 1. The van der Waals surface area contributed by atoms with Gasteiger partial charge in [-0.2, -0.15) is 0 Å². The van der Waals surface area contributed by atoms with Crippen LogP contribution in [-0.4, -0.2) is 5.97 Å². The van der Waals surface area contributed by atoms with Gasteiger partial charge in [0.1, 0.15) is 5.76 Å². The summed E-state index contributed by atoms with van der Waals surface area (Å²) in [6.07, 6.45) is 6.75. The van der Waals surface area contributed by atoms with Gasteiger partial charge in [-0.25, -0.2) is 4.79 Å². The van der Waals surface area contributed by atoms with Crippen molar-refractivity contribution in [1.29, 1.82) is 0 Å². The first-order chi connectivity index (χ1) is 7.86. The smallest absolute Gasteiger partial charge is 0.344 e. The molecule has 1 aliphatic carbocycles. The lowest BCUT2D eigenvalue weighted by Gasteiger charge is -2.03. The number of fused-ring (bicyclic) bond motifs is 1. The molecule has 78 valence electrons. The molecule has 2 heteroatoms. The van der Waals surface area contributed by atoms with Gasteiger partial charge in [-0.3, -0.25) is 0 Å². The van der Waals surface area contributed by atoms with E-state index in [-0.39, 0.29) is 5.97 Å². The fraction of sp³-hybridized carbons (Fsp3) is 0.0714. The van der Waals surface area contributed by atoms with E-state index in [0.29, 0.717) is 11.3 Å². The third-order valence-corrected chi connectivity index (χ3v) is 2.73. The maximum Gasteiger partial charge on any atom is 0.344 e. The lowest BCUT2D eigenvalue weighted by Crippen LogP contribution is -1.97. The number of hydrogen-bond acceptors (Lipinski definition) is 2. The van der Waals surface area contributed by atoms with Crippen LogP contribution in [0.25, 0.3) is 5.57 Å². The van der Waals surface area contributed by atoms with Gasteiger partial charge in [-0.15, -0.1) is 0 Å². The molecule has 1 aliphatic heterocycles. The molecule has 2 nitrogen and oxygen atoms in total. The Morgan fingerprint density at radius 1 is 1.12 bits per heavy atom. The number of esters is 1. The van der Waals surface area contributed by atoms with E-state index in [9.17, 15) is 4.79 Å². The Morgan fingerprint density at radius 2 is 1.94 bits per heavy atom. The summed E-state index contributed by atoms with van der Waals surface area (Å²) in [4.78, 5) is 11.8. The molecule has 16 heavy (non-hydrogen) atoms. The minimum Gasteiger partial charge on any atom is -0.423 e. The van der Waals surface area contributed by atoms with Crippen LogP contribution in [0.15, 0.2) is 59.9 Å². The summed E-state index contributed by atoms with van der Waals surface area (Å²) >= 11 is 0. The van der Waals surface area contributed by atoms with Crippen molar-refractivity contribution in [1.82, 2.24) is 0 Å². The van der Waals surface area contributed by atoms with Gasteiger partial charge in [0.15, 0.2) is 0 Å². The van der Waals surface area contributed by atoms with Gasteiger partial charge in [0.25, 0.3) is 0 Å². The number of hydrogen-bond donors (Lipinski definition) is 0. The van der Waals surface area contributed by atoms with E-state index < -0.39 is 0 Å². The van der Waals surface area contributed by atoms with Crippen molar-refractivity contribution < 1.29 is 9.53 Å². The van der Waals surface area contributed by atoms with Crippen LogP contribution in [0.4, 0.5) is 0 Å². The maximum atomic E-state index is 11.8. The molecule has 2 aliphatic rings. The van der Waals surface area contributed by atoms with Gasteiger partial charge in [0.2, 0.25) is 0 Å². The molecular formula is C14H10O2. The van der Waals surface area contributed by atoms with Crippen molar-refractivity contribution in [3.63, 3.8) is 0 Å². The summed E-state index contributed by atoms with van der Waals surface area (Å²) in [5.74, 6) is 0.449. The van der Waals surface area contributed by atoms with Crippen molar-refractivity contribution in [2.24, 2.45) is 0 Å². The van der Waals surface area contributed by atoms with Crippen LogP contribution in [0, 0.1) is 0 Å². The topological polar surface area (TPSA) is 26.3 Å². The molecule has 0 saturated heterocycles. The molecule has 0 fully saturated rings. The lowest BCUT2D eigenvalue weighted by atomic mass is 9.98. The van der Waals surface area contributed by atoms with Crippen molar-refractivity contribution in [2.45, 2.75) is 6.42 Å². The Kier molecular flexibility index (Phi) is 2.00. The Labute approximate surface area is 93.5 Å². The summed E-state index contributed by atoms with van der Waals surface area (Å²) in [6, 6.07) is 9.63. The van der Waals surface area contributed by atoms with Gasteiger partial charge in [-0.1, -0.05) is 42.5 Å². The molecule has 0 bridgehead atoms. The van der Waals surface area contributed by atoms with Crippen LogP contribution >= 0.6 is 0 Å². The fourth-order valence-corrected chi connectivity index (χ4v) is 2.00. The number of benzene rings is 1. The largest absolute Gasteiger partial charge is 0.423 e. The van der Waals surface area contributed by atoms with E-state index in [1.807, 2.05) is 48.6 Å². The van der Waals surface area contributed by atoms with E-state index in [1.165, 1.54) is 0 Å². The zero-order valence-electron chi connectivity index (χ0n) is 8.64. The summed E-state index contributed by atoms with van der Waals surface area (Å²) in [5, 5.41) is 0. The molecule has 0 atom stereocenters. The summed E-state index contributed by atoms with van der Waals surface area (Å²) in [6.45, 7) is 0. The molecule has 0 spiro atoms. The highest BCUT2D eigenvalue weighted by Crippen LogP contribution is 2.35. The van der Waals surface area contributed by atoms with E-state index in [1.54, 1.807) is 0 Å². The van der Waals surface area contributed by atoms with E-state index in [2.05, 4.69) is 0 Å². The van der Waals surface area contributed by atoms with Crippen molar-refractivity contribution in [3.05, 3.63) is 65.5 Å². The lowest BCUT2D eigenvalue weighted by molar-refractivity contribution is -0.131. The summed E-state index contributed by atoms with van der Waals surface area (Å²) in [7, 11) is 0. The Morgan fingerprint density at radius 3 is 2.75 bits per heavy atom. The van der Waals surface area contributed by atoms with Crippen molar-refractivity contribution in [2.75, 3.05) is 0 Å². The first kappa shape index (κ1) is 9.16. The zero-order chi connectivity index (χ0) is 11.0. The Bertz CT molecular complexity index is 533. The molecule has 0 N–H and O–H groups in total. The molecule has 0 radical (unpaired) electrons. The number of ether oxygens (including phenoxy) is 1. The highest BCUT2D eigenvalue weighted by Gasteiger charge is 2.29. The zero-order valence-corrected chi connectivity index (χ0v) is 8.64. The summed E-state index contributed by atoms with van der Waals surface area (Å²) < 4.78 is 5.23. The van der Waals surface area contributed by atoms with E-state index in [4.69, 9.17) is 4.74 Å². The van der Waals surface area contributed by atoms with Crippen LogP contribution in [0.5, 0.6) is 0 Å². The second kappa shape index (κ2) is 3.49. The normalized spacial score (nSPS) is 18.2. The predicted octanol–water partition coefficient (Wildman–Crippen LogP) is 2.84. The molecule has 0 unspecified atom stereocenters. The SMILES string of the molecule is O=C1OC2=CCC=CC2=C1c1ccccc1. The standard InChI is InChI=1S/C14H10O2/c15-14-13(10-6-2-1-3-7-10)11-8-4-5-9-12(11)16-14/h1-4,6-9H,5H2. The Balaban J connectivity index is 2.19. The molecule has 0 aromatic heterocycles. The second-order valence-corrected chi connectivity index (χ2v) is 3.75. The molecule has 0 amide bonds. The molecule has 1 aromatic rings.